The van der Waals surface area contributed by atoms with Gasteiger partial charge in [0.05, 0.1) is 5.56 Å². The highest BCUT2D eigenvalue weighted by molar-refractivity contribution is 5.37. The predicted molar refractivity (Wildman–Crippen MR) is 65.9 cm³/mol. The lowest BCUT2D eigenvalue weighted by Gasteiger charge is -2.28. The van der Waals surface area contributed by atoms with Gasteiger partial charge in [-0.2, -0.15) is 13.2 Å². The molecule has 106 valence electrons. The third kappa shape index (κ3) is 3.83. The van der Waals surface area contributed by atoms with Gasteiger partial charge in [-0.15, -0.1) is 0 Å². The highest BCUT2D eigenvalue weighted by Crippen LogP contribution is 2.29. The normalized spacial score (nSPS) is 19.2. The molecule has 1 aromatic rings. The number of hydrogen-bond donors (Lipinski definition) is 1. The van der Waals surface area contributed by atoms with Crippen LogP contribution in [0.2, 0.25) is 0 Å². The predicted octanol–water partition coefficient (Wildman–Crippen LogP) is 3.33. The number of pyridine rings is 1. The van der Waals surface area contributed by atoms with Gasteiger partial charge in [0.1, 0.15) is 5.82 Å². The zero-order chi connectivity index (χ0) is 13.9. The van der Waals surface area contributed by atoms with Crippen molar-refractivity contribution >= 4 is 5.82 Å². The lowest BCUT2D eigenvalue weighted by atomic mass is 9.93. The Morgan fingerprint density at radius 2 is 2.00 bits per heavy atom. The first-order chi connectivity index (χ1) is 8.97. The summed E-state index contributed by atoms with van der Waals surface area (Å²) in [4.78, 5) is 3.82. The monoisotopic (exact) mass is 274 g/mol. The van der Waals surface area contributed by atoms with E-state index in [-0.39, 0.29) is 6.04 Å². The van der Waals surface area contributed by atoms with Crippen LogP contribution in [0, 0.1) is 5.92 Å². The number of alkyl halides is 3. The summed E-state index contributed by atoms with van der Waals surface area (Å²) in [6, 6.07) is 2.60. The van der Waals surface area contributed by atoms with Crippen molar-refractivity contribution in [1.29, 1.82) is 0 Å². The molecule has 1 aliphatic heterocycles. The molecule has 0 radical (unpaired) electrons. The van der Waals surface area contributed by atoms with Crippen molar-refractivity contribution in [3.8, 4) is 0 Å². The molecule has 0 amide bonds. The maximum atomic E-state index is 12.4. The summed E-state index contributed by atoms with van der Waals surface area (Å²) < 4.78 is 42.5. The van der Waals surface area contributed by atoms with Gasteiger partial charge in [-0.25, -0.2) is 4.98 Å². The van der Waals surface area contributed by atoms with Gasteiger partial charge in [-0.1, -0.05) is 0 Å². The van der Waals surface area contributed by atoms with Gasteiger partial charge in [0, 0.05) is 25.5 Å². The van der Waals surface area contributed by atoms with E-state index in [2.05, 4.69) is 10.3 Å². The summed E-state index contributed by atoms with van der Waals surface area (Å²) in [5, 5.41) is 3.16. The fourth-order valence-corrected chi connectivity index (χ4v) is 2.21. The van der Waals surface area contributed by atoms with Crippen molar-refractivity contribution in [2.45, 2.75) is 32.0 Å². The van der Waals surface area contributed by atoms with E-state index < -0.39 is 11.7 Å². The van der Waals surface area contributed by atoms with Gasteiger partial charge in [0.2, 0.25) is 0 Å². The molecule has 1 N–H and O–H groups in total. The number of halogens is 3. The second-order valence-corrected chi connectivity index (χ2v) is 4.81. The highest BCUT2D eigenvalue weighted by atomic mass is 19.4. The first-order valence-corrected chi connectivity index (χ1v) is 6.34. The minimum absolute atomic E-state index is 0.174. The first kappa shape index (κ1) is 14.1. The minimum atomic E-state index is -4.34. The highest BCUT2D eigenvalue weighted by Gasteiger charge is 2.30. The summed E-state index contributed by atoms with van der Waals surface area (Å²) in [5.74, 6) is 0.949. The van der Waals surface area contributed by atoms with E-state index >= 15 is 0 Å². The van der Waals surface area contributed by atoms with Crippen LogP contribution < -0.4 is 5.32 Å². The zero-order valence-corrected chi connectivity index (χ0v) is 10.7. The number of nitrogens with one attached hydrogen (secondary N) is 1. The number of ether oxygens (including phenoxy) is 1. The summed E-state index contributed by atoms with van der Waals surface area (Å²) in [6.07, 6.45) is -1.54. The topological polar surface area (TPSA) is 34.2 Å². The molecule has 0 spiro atoms. The lowest BCUT2D eigenvalue weighted by molar-refractivity contribution is -0.137. The van der Waals surface area contributed by atoms with Gasteiger partial charge in [-0.3, -0.25) is 0 Å². The molecule has 19 heavy (non-hydrogen) atoms. The van der Waals surface area contributed by atoms with Crippen LogP contribution in [-0.4, -0.2) is 24.2 Å². The summed E-state index contributed by atoms with van der Waals surface area (Å²) in [7, 11) is 0. The molecule has 1 fully saturated rings. The smallest absolute Gasteiger partial charge is 0.381 e. The summed E-state index contributed by atoms with van der Waals surface area (Å²) in [5.41, 5.74) is -0.725. The van der Waals surface area contributed by atoms with E-state index in [0.29, 0.717) is 11.7 Å². The van der Waals surface area contributed by atoms with Crippen LogP contribution in [0.3, 0.4) is 0 Å². The Bertz CT molecular complexity index is 399. The standard InChI is InChI=1S/C13H17F3N2O/c1-9(10-4-6-19-7-5-10)18-12-3-2-11(8-17-12)13(14,15)16/h2-3,8-10H,4-7H2,1H3,(H,17,18)/t9-/m0/s1. The molecule has 6 heteroatoms. The second kappa shape index (κ2) is 5.77. The van der Waals surface area contributed by atoms with Crippen molar-refractivity contribution in [3.63, 3.8) is 0 Å². The molecule has 2 rings (SSSR count). The van der Waals surface area contributed by atoms with Crippen molar-refractivity contribution in [1.82, 2.24) is 4.98 Å². The van der Waals surface area contributed by atoms with Crippen LogP contribution in [0.15, 0.2) is 18.3 Å². The fraction of sp³-hybridized carbons (Fsp3) is 0.615. The maximum absolute atomic E-state index is 12.4. The molecular formula is C13H17F3N2O. The maximum Gasteiger partial charge on any atom is 0.417 e. The van der Waals surface area contributed by atoms with E-state index in [1.807, 2.05) is 6.92 Å². The Hall–Kier alpha value is -1.30. The van der Waals surface area contributed by atoms with Gasteiger partial charge in [0.15, 0.2) is 0 Å². The Morgan fingerprint density at radius 1 is 1.32 bits per heavy atom. The first-order valence-electron chi connectivity index (χ1n) is 6.34. The Morgan fingerprint density at radius 3 is 2.53 bits per heavy atom. The van der Waals surface area contributed by atoms with E-state index in [9.17, 15) is 13.2 Å². The minimum Gasteiger partial charge on any atom is -0.381 e. The molecule has 0 unspecified atom stereocenters. The molecule has 0 bridgehead atoms. The molecular weight excluding hydrogens is 257 g/mol. The molecule has 1 atom stereocenters. The Balaban J connectivity index is 1.95. The Labute approximate surface area is 110 Å². The number of nitrogens with zero attached hydrogens (tertiary/aromatic N) is 1. The number of aromatic nitrogens is 1. The quantitative estimate of drug-likeness (QED) is 0.918. The number of anilines is 1. The van der Waals surface area contributed by atoms with Gasteiger partial charge in [0.25, 0.3) is 0 Å². The molecule has 0 saturated carbocycles. The molecule has 1 aliphatic rings. The molecule has 0 aliphatic carbocycles. The van der Waals surface area contributed by atoms with Crippen molar-refractivity contribution < 1.29 is 17.9 Å². The van der Waals surface area contributed by atoms with Crippen LogP contribution in [0.5, 0.6) is 0 Å². The lowest BCUT2D eigenvalue weighted by Crippen LogP contribution is -2.31. The SMILES string of the molecule is C[C@H](Nc1ccc(C(F)(F)F)cn1)C1CCOCC1. The van der Waals surface area contributed by atoms with Crippen LogP contribution in [0.4, 0.5) is 19.0 Å². The van der Waals surface area contributed by atoms with Crippen molar-refractivity contribution in [2.24, 2.45) is 5.92 Å². The largest absolute Gasteiger partial charge is 0.417 e. The van der Waals surface area contributed by atoms with Crippen LogP contribution in [0.1, 0.15) is 25.3 Å². The summed E-state index contributed by atoms with van der Waals surface area (Å²) >= 11 is 0. The van der Waals surface area contributed by atoms with Crippen molar-refractivity contribution in [2.75, 3.05) is 18.5 Å². The van der Waals surface area contributed by atoms with Gasteiger partial charge >= 0.3 is 6.18 Å². The zero-order valence-electron chi connectivity index (χ0n) is 10.7. The Kier molecular flexibility index (Phi) is 4.29. The van der Waals surface area contributed by atoms with E-state index in [1.165, 1.54) is 6.07 Å². The summed E-state index contributed by atoms with van der Waals surface area (Å²) in [6.45, 7) is 3.52. The average molecular weight is 274 g/mol. The molecule has 2 heterocycles. The van der Waals surface area contributed by atoms with E-state index in [4.69, 9.17) is 4.74 Å². The molecule has 3 nitrogen and oxygen atoms in total. The third-order valence-corrected chi connectivity index (χ3v) is 3.44. The van der Waals surface area contributed by atoms with Gasteiger partial charge in [-0.05, 0) is 37.8 Å². The molecule has 1 aromatic heterocycles. The van der Waals surface area contributed by atoms with Gasteiger partial charge < -0.3 is 10.1 Å². The van der Waals surface area contributed by atoms with Crippen molar-refractivity contribution in [3.05, 3.63) is 23.9 Å². The number of hydrogen-bond acceptors (Lipinski definition) is 3. The molecule has 1 saturated heterocycles. The van der Waals surface area contributed by atoms with Crippen LogP contribution in [-0.2, 0) is 10.9 Å². The van der Waals surface area contributed by atoms with E-state index in [0.717, 1.165) is 38.3 Å². The van der Waals surface area contributed by atoms with Crippen LogP contribution >= 0.6 is 0 Å². The molecule has 0 aromatic carbocycles. The second-order valence-electron chi connectivity index (χ2n) is 4.81. The number of rotatable bonds is 3. The average Bonchev–Trinajstić information content (AvgIpc) is 2.39. The van der Waals surface area contributed by atoms with E-state index in [1.54, 1.807) is 0 Å². The van der Waals surface area contributed by atoms with Crippen LogP contribution in [0.25, 0.3) is 0 Å². The third-order valence-electron chi connectivity index (χ3n) is 3.44. The fourth-order valence-electron chi connectivity index (χ4n) is 2.21.